The zero-order valence-corrected chi connectivity index (χ0v) is 14.4. The van der Waals surface area contributed by atoms with Crippen molar-refractivity contribution in [3.63, 3.8) is 0 Å². The van der Waals surface area contributed by atoms with E-state index in [-0.39, 0.29) is 12.5 Å². The first kappa shape index (κ1) is 17.1. The van der Waals surface area contributed by atoms with E-state index in [1.807, 2.05) is 33.9 Å². The summed E-state index contributed by atoms with van der Waals surface area (Å²) in [5.41, 5.74) is 7.27. The fourth-order valence-electron chi connectivity index (χ4n) is 2.30. The fraction of sp³-hybridized carbons (Fsp3) is 0.294. The van der Waals surface area contributed by atoms with Crippen molar-refractivity contribution in [3.8, 4) is 5.75 Å². The molecule has 2 rings (SSSR count). The van der Waals surface area contributed by atoms with Gasteiger partial charge in [0.2, 0.25) is 0 Å². The number of benzene rings is 1. The summed E-state index contributed by atoms with van der Waals surface area (Å²) in [6.07, 6.45) is 1.91. The smallest absolute Gasteiger partial charge is 0.277 e. The van der Waals surface area contributed by atoms with Crippen molar-refractivity contribution in [2.75, 3.05) is 6.61 Å². The molecule has 0 aliphatic carbocycles. The third-order valence-corrected chi connectivity index (χ3v) is 3.91. The van der Waals surface area contributed by atoms with Crippen LogP contribution in [0.2, 0.25) is 5.02 Å². The number of halogens is 1. The largest absolute Gasteiger partial charge is 0.484 e. The predicted molar refractivity (Wildman–Crippen MR) is 92.3 cm³/mol. The van der Waals surface area contributed by atoms with Gasteiger partial charge in [-0.2, -0.15) is 5.10 Å². The van der Waals surface area contributed by atoms with Crippen LogP contribution in [0.15, 0.2) is 29.5 Å². The van der Waals surface area contributed by atoms with E-state index in [0.29, 0.717) is 10.8 Å². The van der Waals surface area contributed by atoms with E-state index < -0.39 is 0 Å². The van der Waals surface area contributed by atoms with E-state index in [2.05, 4.69) is 15.5 Å². The Kier molecular flexibility index (Phi) is 5.45. The highest BCUT2D eigenvalue weighted by molar-refractivity contribution is 6.31. The lowest BCUT2D eigenvalue weighted by Gasteiger charge is -2.07. The number of ether oxygens (including phenoxy) is 1. The number of aryl methyl sites for hydroxylation is 3. The first-order valence-electron chi connectivity index (χ1n) is 7.25. The molecular formula is C17H20ClN3O2. The van der Waals surface area contributed by atoms with Gasteiger partial charge in [-0.1, -0.05) is 11.6 Å². The summed E-state index contributed by atoms with van der Waals surface area (Å²) < 4.78 is 5.43. The highest BCUT2D eigenvalue weighted by Crippen LogP contribution is 2.20. The Hall–Kier alpha value is -2.27. The molecule has 0 saturated carbocycles. The monoisotopic (exact) mass is 333 g/mol. The van der Waals surface area contributed by atoms with Crippen molar-refractivity contribution in [1.29, 1.82) is 0 Å². The van der Waals surface area contributed by atoms with Crippen molar-refractivity contribution in [2.45, 2.75) is 27.7 Å². The van der Waals surface area contributed by atoms with E-state index in [0.717, 1.165) is 28.1 Å². The number of amides is 1. The second-order valence-corrected chi connectivity index (χ2v) is 5.81. The molecule has 1 amide bonds. The van der Waals surface area contributed by atoms with Gasteiger partial charge < -0.3 is 9.72 Å². The van der Waals surface area contributed by atoms with Crippen molar-refractivity contribution in [1.82, 2.24) is 10.4 Å². The summed E-state index contributed by atoms with van der Waals surface area (Å²) in [5.74, 6) is 0.280. The molecule has 1 heterocycles. The van der Waals surface area contributed by atoms with Gasteiger partial charge in [-0.05, 0) is 57.0 Å². The van der Waals surface area contributed by atoms with Crippen molar-refractivity contribution >= 4 is 23.2 Å². The minimum absolute atomic E-state index is 0.108. The van der Waals surface area contributed by atoms with Crippen molar-refractivity contribution in [2.24, 2.45) is 5.10 Å². The maximum Gasteiger partial charge on any atom is 0.277 e. The predicted octanol–water partition coefficient (Wildman–Crippen LogP) is 3.51. The van der Waals surface area contributed by atoms with Gasteiger partial charge in [0.05, 0.1) is 5.71 Å². The van der Waals surface area contributed by atoms with Crippen LogP contribution >= 0.6 is 11.6 Å². The SMILES string of the molecule is C/C(=N\NC(=O)COc1ccc(Cl)c(C)c1)c1c(C)c[nH]c1C. The molecule has 0 spiro atoms. The van der Waals surface area contributed by atoms with Gasteiger partial charge in [0.1, 0.15) is 5.75 Å². The quantitative estimate of drug-likeness (QED) is 0.649. The molecule has 2 aromatic rings. The molecule has 0 saturated heterocycles. The van der Waals surface area contributed by atoms with Crippen LogP contribution in [0.1, 0.15) is 29.3 Å². The number of nitrogens with zero attached hydrogens (tertiary/aromatic N) is 1. The van der Waals surface area contributed by atoms with E-state index in [4.69, 9.17) is 16.3 Å². The number of H-pyrrole nitrogens is 1. The van der Waals surface area contributed by atoms with Crippen molar-refractivity contribution in [3.05, 3.63) is 51.8 Å². The zero-order chi connectivity index (χ0) is 17.0. The Balaban J connectivity index is 1.92. The summed E-state index contributed by atoms with van der Waals surface area (Å²) in [4.78, 5) is 15.0. The Labute approximate surface area is 140 Å². The van der Waals surface area contributed by atoms with Gasteiger partial charge >= 0.3 is 0 Å². The fourth-order valence-corrected chi connectivity index (χ4v) is 2.42. The highest BCUT2D eigenvalue weighted by atomic mass is 35.5. The maximum absolute atomic E-state index is 11.8. The van der Waals surface area contributed by atoms with Gasteiger partial charge in [-0.3, -0.25) is 4.79 Å². The number of aromatic amines is 1. The van der Waals surface area contributed by atoms with E-state index >= 15 is 0 Å². The minimum Gasteiger partial charge on any atom is -0.484 e. The number of rotatable bonds is 5. The molecule has 23 heavy (non-hydrogen) atoms. The summed E-state index contributed by atoms with van der Waals surface area (Å²) in [6.45, 7) is 7.58. The summed E-state index contributed by atoms with van der Waals surface area (Å²) in [7, 11) is 0. The molecule has 0 aliphatic heterocycles. The average Bonchev–Trinajstić information content (AvgIpc) is 2.85. The number of nitrogens with one attached hydrogen (secondary N) is 2. The summed E-state index contributed by atoms with van der Waals surface area (Å²) in [6, 6.07) is 5.25. The molecule has 0 fully saturated rings. The van der Waals surface area contributed by atoms with Crippen LogP contribution in [-0.2, 0) is 4.79 Å². The van der Waals surface area contributed by atoms with Gasteiger partial charge in [-0.15, -0.1) is 0 Å². The normalized spacial score (nSPS) is 11.4. The van der Waals surface area contributed by atoms with E-state index in [1.165, 1.54) is 0 Å². The van der Waals surface area contributed by atoms with Crippen LogP contribution in [0.3, 0.4) is 0 Å². The minimum atomic E-state index is -0.317. The zero-order valence-electron chi connectivity index (χ0n) is 13.7. The van der Waals surface area contributed by atoms with Crippen LogP contribution in [0.5, 0.6) is 5.75 Å². The van der Waals surface area contributed by atoms with Crippen LogP contribution < -0.4 is 10.2 Å². The number of carbonyl (C=O) groups is 1. The van der Waals surface area contributed by atoms with Gasteiger partial charge in [-0.25, -0.2) is 5.43 Å². The Morgan fingerprint density at radius 3 is 2.65 bits per heavy atom. The molecule has 0 atom stereocenters. The highest BCUT2D eigenvalue weighted by Gasteiger charge is 2.09. The molecule has 0 bridgehead atoms. The number of aromatic nitrogens is 1. The number of hydrazone groups is 1. The standard InChI is InChI=1S/C17H20ClN3O2/c1-10-7-14(5-6-15(10)18)23-9-16(22)21-20-13(4)17-11(2)8-19-12(17)3/h5-8,19H,9H2,1-4H3,(H,21,22)/b20-13+. The molecule has 5 nitrogen and oxygen atoms in total. The van der Waals surface area contributed by atoms with Crippen LogP contribution in [-0.4, -0.2) is 23.2 Å². The number of hydrogen-bond donors (Lipinski definition) is 2. The van der Waals surface area contributed by atoms with E-state index in [1.54, 1.807) is 18.2 Å². The Morgan fingerprint density at radius 1 is 1.30 bits per heavy atom. The molecule has 1 aromatic carbocycles. The second kappa shape index (κ2) is 7.33. The number of carbonyl (C=O) groups excluding carboxylic acids is 1. The van der Waals surface area contributed by atoms with Gasteiger partial charge in [0.25, 0.3) is 5.91 Å². The lowest BCUT2D eigenvalue weighted by atomic mass is 10.1. The third kappa shape index (κ3) is 4.36. The third-order valence-electron chi connectivity index (χ3n) is 3.48. The van der Waals surface area contributed by atoms with Gasteiger partial charge in [0.15, 0.2) is 6.61 Å². The summed E-state index contributed by atoms with van der Waals surface area (Å²) in [5, 5.41) is 4.79. The first-order valence-corrected chi connectivity index (χ1v) is 7.63. The maximum atomic E-state index is 11.8. The Bertz CT molecular complexity index is 731. The molecular weight excluding hydrogens is 314 g/mol. The first-order chi connectivity index (χ1) is 10.9. The Morgan fingerprint density at radius 2 is 2.04 bits per heavy atom. The molecule has 6 heteroatoms. The lowest BCUT2D eigenvalue weighted by Crippen LogP contribution is -2.25. The van der Waals surface area contributed by atoms with E-state index in [9.17, 15) is 4.79 Å². The van der Waals surface area contributed by atoms with Crippen LogP contribution in [0.25, 0.3) is 0 Å². The second-order valence-electron chi connectivity index (χ2n) is 5.40. The van der Waals surface area contributed by atoms with Crippen LogP contribution in [0.4, 0.5) is 0 Å². The molecule has 2 N–H and O–H groups in total. The average molecular weight is 334 g/mol. The molecule has 0 radical (unpaired) electrons. The molecule has 0 unspecified atom stereocenters. The molecule has 122 valence electrons. The van der Waals surface area contributed by atoms with Crippen LogP contribution in [0, 0.1) is 20.8 Å². The topological polar surface area (TPSA) is 66.5 Å². The lowest BCUT2D eigenvalue weighted by molar-refractivity contribution is -0.123. The number of hydrogen-bond acceptors (Lipinski definition) is 3. The molecule has 1 aromatic heterocycles. The van der Waals surface area contributed by atoms with Gasteiger partial charge in [0, 0.05) is 22.5 Å². The molecule has 0 aliphatic rings. The van der Waals surface area contributed by atoms with Crippen molar-refractivity contribution < 1.29 is 9.53 Å². The summed E-state index contributed by atoms with van der Waals surface area (Å²) >= 11 is 5.95.